The van der Waals surface area contributed by atoms with Crippen molar-refractivity contribution in [2.24, 2.45) is 5.92 Å². The fourth-order valence-electron chi connectivity index (χ4n) is 5.19. The van der Waals surface area contributed by atoms with Gasteiger partial charge in [-0.2, -0.15) is 0 Å². The normalized spacial score (nSPS) is 21.3. The Morgan fingerprint density at radius 1 is 1.21 bits per heavy atom. The highest BCUT2D eigenvalue weighted by Gasteiger charge is 2.38. The van der Waals surface area contributed by atoms with Crippen LogP contribution in [0.4, 0.5) is 0 Å². The van der Waals surface area contributed by atoms with Crippen molar-refractivity contribution >= 4 is 26.8 Å². The third-order valence-electron chi connectivity index (χ3n) is 6.86. The quantitative estimate of drug-likeness (QED) is 0.572. The maximum atomic E-state index is 13.7. The average Bonchev–Trinajstić information content (AvgIpc) is 3.43. The van der Waals surface area contributed by atoms with E-state index in [2.05, 4.69) is 20.2 Å². The molecule has 34 heavy (non-hydrogen) atoms. The Morgan fingerprint density at radius 3 is 2.74 bits per heavy atom. The van der Waals surface area contributed by atoms with E-state index in [1.807, 2.05) is 17.9 Å². The number of aryl methyl sites for hydroxylation is 2. The number of fused-ring (bicyclic) bond motifs is 1. The average molecular weight is 484 g/mol. The van der Waals surface area contributed by atoms with Gasteiger partial charge in [0.15, 0.2) is 0 Å². The standard InChI is InChI=1S/C24H29N5O4S/c1-15-23(16(2)33-27-15)17-13-21-18(6-4-8-26-21)22(14-17)34(31,32)28-20-7-3-5-19(20)24(30)29-11-9-25-10-12-29/h4,6,8,13-14,19-20,25,28H,3,5,7,9-12H2,1-2H3/t19-,20+/m0/s1. The number of carbonyl (C=O) groups is 1. The number of rotatable bonds is 5. The van der Waals surface area contributed by atoms with Crippen molar-refractivity contribution in [3.63, 3.8) is 0 Å². The van der Waals surface area contributed by atoms with E-state index in [0.717, 1.165) is 25.1 Å². The summed E-state index contributed by atoms with van der Waals surface area (Å²) >= 11 is 0. The number of nitrogens with one attached hydrogen (secondary N) is 2. The van der Waals surface area contributed by atoms with E-state index >= 15 is 0 Å². The Labute approximate surface area is 199 Å². The van der Waals surface area contributed by atoms with E-state index in [0.29, 0.717) is 53.9 Å². The number of sulfonamides is 1. The number of pyridine rings is 1. The van der Waals surface area contributed by atoms with E-state index in [4.69, 9.17) is 4.52 Å². The summed E-state index contributed by atoms with van der Waals surface area (Å²) in [6, 6.07) is 6.56. The summed E-state index contributed by atoms with van der Waals surface area (Å²) in [5.74, 6) is 0.312. The van der Waals surface area contributed by atoms with Gasteiger partial charge >= 0.3 is 0 Å². The number of carbonyl (C=O) groups excluding carboxylic acids is 1. The fraction of sp³-hybridized carbons (Fsp3) is 0.458. The smallest absolute Gasteiger partial charge is 0.241 e. The predicted molar refractivity (Wildman–Crippen MR) is 128 cm³/mol. The van der Waals surface area contributed by atoms with E-state index < -0.39 is 16.1 Å². The highest BCUT2D eigenvalue weighted by molar-refractivity contribution is 7.89. The van der Waals surface area contributed by atoms with Crippen LogP contribution >= 0.6 is 0 Å². The molecule has 1 aliphatic heterocycles. The Kier molecular flexibility index (Phi) is 6.13. The summed E-state index contributed by atoms with van der Waals surface area (Å²) in [7, 11) is -3.93. The molecule has 1 amide bonds. The summed E-state index contributed by atoms with van der Waals surface area (Å²) < 4.78 is 35.6. The van der Waals surface area contributed by atoms with Crippen LogP contribution in [-0.4, -0.2) is 61.6 Å². The van der Waals surface area contributed by atoms with Crippen LogP contribution in [0.3, 0.4) is 0 Å². The Hall–Kier alpha value is -2.82. The number of aromatic nitrogens is 2. The molecule has 180 valence electrons. The van der Waals surface area contributed by atoms with Crippen LogP contribution in [0.1, 0.15) is 30.7 Å². The molecule has 0 spiro atoms. The van der Waals surface area contributed by atoms with Crippen molar-refractivity contribution < 1.29 is 17.7 Å². The van der Waals surface area contributed by atoms with Gasteiger partial charge in [0.1, 0.15) is 5.76 Å². The van der Waals surface area contributed by atoms with Gasteiger partial charge in [-0.05, 0) is 56.5 Å². The van der Waals surface area contributed by atoms with E-state index in [1.165, 1.54) is 0 Å². The molecule has 2 aliphatic rings. The number of hydrogen-bond donors (Lipinski definition) is 2. The molecule has 0 unspecified atom stereocenters. The first-order valence-corrected chi connectivity index (χ1v) is 13.2. The monoisotopic (exact) mass is 483 g/mol. The minimum absolute atomic E-state index is 0.0442. The molecule has 2 aromatic heterocycles. The first-order valence-electron chi connectivity index (χ1n) is 11.7. The fourth-order valence-corrected chi connectivity index (χ4v) is 6.74. The Morgan fingerprint density at radius 2 is 2.00 bits per heavy atom. The number of nitrogens with zero attached hydrogens (tertiary/aromatic N) is 3. The van der Waals surface area contributed by atoms with Gasteiger partial charge in [0.25, 0.3) is 0 Å². The van der Waals surface area contributed by atoms with Crippen molar-refractivity contribution in [3.05, 3.63) is 41.9 Å². The van der Waals surface area contributed by atoms with Crippen molar-refractivity contribution in [3.8, 4) is 11.1 Å². The first-order chi connectivity index (χ1) is 16.3. The molecule has 5 rings (SSSR count). The molecule has 2 atom stereocenters. The number of amides is 1. The van der Waals surface area contributed by atoms with Crippen LogP contribution in [-0.2, 0) is 14.8 Å². The van der Waals surface area contributed by atoms with E-state index in [-0.39, 0.29) is 16.7 Å². The Balaban J connectivity index is 1.50. The summed E-state index contributed by atoms with van der Waals surface area (Å²) in [6.45, 7) is 6.47. The molecule has 3 aromatic rings. The number of hydrogen-bond acceptors (Lipinski definition) is 7. The van der Waals surface area contributed by atoms with Gasteiger partial charge in [-0.3, -0.25) is 9.78 Å². The van der Waals surface area contributed by atoms with Gasteiger partial charge in [0.2, 0.25) is 15.9 Å². The van der Waals surface area contributed by atoms with Gasteiger partial charge < -0.3 is 14.7 Å². The summed E-state index contributed by atoms with van der Waals surface area (Å²) in [6.07, 6.45) is 3.79. The highest BCUT2D eigenvalue weighted by atomic mass is 32.2. The summed E-state index contributed by atoms with van der Waals surface area (Å²) in [5.41, 5.74) is 2.70. The first kappa shape index (κ1) is 22.9. The molecule has 0 radical (unpaired) electrons. The maximum Gasteiger partial charge on any atom is 0.241 e. The largest absolute Gasteiger partial charge is 0.361 e. The van der Waals surface area contributed by atoms with E-state index in [9.17, 15) is 13.2 Å². The van der Waals surface area contributed by atoms with Crippen LogP contribution in [0.2, 0.25) is 0 Å². The molecular formula is C24H29N5O4S. The maximum absolute atomic E-state index is 13.7. The lowest BCUT2D eigenvalue weighted by atomic mass is 10.0. The van der Waals surface area contributed by atoms with Crippen molar-refractivity contribution in [1.29, 1.82) is 0 Å². The lowest BCUT2D eigenvalue weighted by Gasteiger charge is -2.31. The van der Waals surface area contributed by atoms with Gasteiger partial charge in [0.05, 0.1) is 22.0 Å². The molecule has 1 aromatic carbocycles. The molecule has 2 N–H and O–H groups in total. The molecule has 1 aliphatic carbocycles. The molecule has 1 saturated heterocycles. The Bertz CT molecular complexity index is 1310. The van der Waals surface area contributed by atoms with Gasteiger partial charge in [-0.1, -0.05) is 11.6 Å². The molecule has 1 saturated carbocycles. The zero-order valence-electron chi connectivity index (χ0n) is 19.4. The molecule has 0 bridgehead atoms. The van der Waals surface area contributed by atoms with Gasteiger partial charge in [-0.15, -0.1) is 0 Å². The SMILES string of the molecule is Cc1noc(C)c1-c1cc(S(=O)(=O)N[C@@H]2CCC[C@@H]2C(=O)N2CCNCC2)c2cccnc2c1. The summed E-state index contributed by atoms with van der Waals surface area (Å²) in [4.78, 5) is 19.6. The summed E-state index contributed by atoms with van der Waals surface area (Å²) in [5, 5.41) is 7.80. The van der Waals surface area contributed by atoms with Crippen LogP contribution in [0.25, 0.3) is 22.0 Å². The predicted octanol–water partition coefficient (Wildman–Crippen LogP) is 2.39. The van der Waals surface area contributed by atoms with Crippen molar-refractivity contribution in [2.45, 2.75) is 44.0 Å². The second kappa shape index (κ2) is 9.09. The number of benzene rings is 1. The highest BCUT2D eigenvalue weighted by Crippen LogP contribution is 2.34. The second-order valence-electron chi connectivity index (χ2n) is 9.08. The van der Waals surface area contributed by atoms with Crippen molar-refractivity contribution in [2.75, 3.05) is 26.2 Å². The van der Waals surface area contributed by atoms with Crippen LogP contribution < -0.4 is 10.0 Å². The number of piperazine rings is 1. The van der Waals surface area contributed by atoms with E-state index in [1.54, 1.807) is 31.3 Å². The van der Waals surface area contributed by atoms with Crippen LogP contribution in [0.15, 0.2) is 39.9 Å². The molecule has 2 fully saturated rings. The molecular weight excluding hydrogens is 454 g/mol. The third kappa shape index (κ3) is 4.21. The van der Waals surface area contributed by atoms with Crippen LogP contribution in [0.5, 0.6) is 0 Å². The minimum atomic E-state index is -3.93. The zero-order valence-corrected chi connectivity index (χ0v) is 20.2. The third-order valence-corrected chi connectivity index (χ3v) is 8.39. The topological polar surface area (TPSA) is 117 Å². The molecule has 3 heterocycles. The molecule has 10 heteroatoms. The minimum Gasteiger partial charge on any atom is -0.361 e. The lowest BCUT2D eigenvalue weighted by Crippen LogP contribution is -2.51. The zero-order chi connectivity index (χ0) is 23.9. The van der Waals surface area contributed by atoms with Crippen LogP contribution in [0, 0.1) is 19.8 Å². The second-order valence-corrected chi connectivity index (χ2v) is 10.8. The van der Waals surface area contributed by atoms with Gasteiger partial charge in [-0.25, -0.2) is 13.1 Å². The molecule has 9 nitrogen and oxygen atoms in total. The van der Waals surface area contributed by atoms with Gasteiger partial charge in [0, 0.05) is 49.4 Å². The van der Waals surface area contributed by atoms with Crippen molar-refractivity contribution in [1.82, 2.24) is 25.1 Å². The lowest BCUT2D eigenvalue weighted by molar-refractivity contribution is -0.136.